The van der Waals surface area contributed by atoms with Gasteiger partial charge in [0.2, 0.25) is 0 Å². The third-order valence-electron chi connectivity index (χ3n) is 1.91. The van der Waals surface area contributed by atoms with Crippen LogP contribution < -0.4 is 4.57 Å². The van der Waals surface area contributed by atoms with Gasteiger partial charge >= 0.3 is 0 Å². The van der Waals surface area contributed by atoms with Crippen LogP contribution in [-0.4, -0.2) is 14.6 Å². The second-order valence-corrected chi connectivity index (χ2v) is 5.20. The van der Waals surface area contributed by atoms with Gasteiger partial charge in [-0.3, -0.25) is 0 Å². The number of alkyl halides is 1. The fourth-order valence-corrected chi connectivity index (χ4v) is 1.42. The van der Waals surface area contributed by atoms with Crippen molar-refractivity contribution in [3.63, 3.8) is 0 Å². The number of aromatic nitrogens is 1. The van der Waals surface area contributed by atoms with Crippen molar-refractivity contribution in [2.75, 3.05) is 0 Å². The van der Waals surface area contributed by atoms with E-state index in [9.17, 15) is 5.11 Å². The zero-order valence-electron chi connectivity index (χ0n) is 7.94. The molecule has 0 aliphatic carbocycles. The van der Waals surface area contributed by atoms with Gasteiger partial charge in [-0.1, -0.05) is 28.7 Å². The molecule has 2 nitrogen and oxygen atoms in total. The standard InChI is InChI=1S/C10H15INO/c1-10(2,13)9(11)8-12-6-4-3-5-7-12/h3-7,9,13H,8H2,1-2H3/q+1/t9-/m0/s1. The Labute approximate surface area is 92.7 Å². The van der Waals surface area contributed by atoms with Crippen LogP contribution in [0.2, 0.25) is 0 Å². The molecular formula is C10H15INO+. The molecule has 0 saturated heterocycles. The number of nitrogens with zero attached hydrogens (tertiary/aromatic N) is 1. The summed E-state index contributed by atoms with van der Waals surface area (Å²) in [6.07, 6.45) is 4.02. The molecule has 0 aliphatic heterocycles. The Balaban J connectivity index is 2.61. The molecule has 1 aromatic heterocycles. The molecule has 3 heteroatoms. The average Bonchev–Trinajstić information content (AvgIpc) is 2.04. The lowest BCUT2D eigenvalue weighted by atomic mass is 10.1. The Morgan fingerprint density at radius 3 is 2.31 bits per heavy atom. The van der Waals surface area contributed by atoms with Crippen LogP contribution in [0.1, 0.15) is 13.8 Å². The highest BCUT2D eigenvalue weighted by Gasteiger charge is 2.27. The van der Waals surface area contributed by atoms with Crippen LogP contribution in [-0.2, 0) is 6.54 Å². The normalized spacial score (nSPS) is 14.2. The van der Waals surface area contributed by atoms with Gasteiger partial charge in [0.25, 0.3) is 0 Å². The average molecular weight is 292 g/mol. The van der Waals surface area contributed by atoms with Crippen LogP contribution in [0.15, 0.2) is 30.6 Å². The van der Waals surface area contributed by atoms with Crippen LogP contribution in [0, 0.1) is 0 Å². The van der Waals surface area contributed by atoms with E-state index in [-0.39, 0.29) is 3.92 Å². The maximum absolute atomic E-state index is 9.73. The Bertz CT molecular complexity index is 255. The highest BCUT2D eigenvalue weighted by atomic mass is 127. The SMILES string of the molecule is CC(C)(O)[C@@H](I)C[n+]1ccccc1. The molecule has 0 amide bonds. The van der Waals surface area contributed by atoms with E-state index in [1.165, 1.54) is 0 Å². The summed E-state index contributed by atoms with van der Waals surface area (Å²) in [5, 5.41) is 9.73. The van der Waals surface area contributed by atoms with Gasteiger partial charge in [0.05, 0.1) is 9.53 Å². The van der Waals surface area contributed by atoms with Gasteiger partial charge in [-0.15, -0.1) is 0 Å². The van der Waals surface area contributed by atoms with Gasteiger partial charge in [-0.05, 0) is 13.8 Å². The summed E-state index contributed by atoms with van der Waals surface area (Å²) in [5.74, 6) is 0. The quantitative estimate of drug-likeness (QED) is 0.510. The summed E-state index contributed by atoms with van der Waals surface area (Å²) < 4.78 is 2.30. The first kappa shape index (κ1) is 10.9. The number of rotatable bonds is 3. The van der Waals surface area contributed by atoms with E-state index in [0.717, 1.165) is 6.54 Å². The van der Waals surface area contributed by atoms with Gasteiger partial charge in [-0.25, -0.2) is 4.57 Å². The Morgan fingerprint density at radius 2 is 1.85 bits per heavy atom. The molecule has 0 aromatic carbocycles. The zero-order valence-corrected chi connectivity index (χ0v) is 10.1. The molecule has 0 aliphatic rings. The molecule has 0 unspecified atom stereocenters. The number of halogens is 1. The second-order valence-electron chi connectivity index (χ2n) is 3.69. The lowest BCUT2D eigenvalue weighted by molar-refractivity contribution is -0.696. The predicted molar refractivity (Wildman–Crippen MR) is 60.7 cm³/mol. The van der Waals surface area contributed by atoms with E-state index in [2.05, 4.69) is 27.2 Å². The van der Waals surface area contributed by atoms with E-state index in [4.69, 9.17) is 0 Å². The fourth-order valence-electron chi connectivity index (χ4n) is 0.965. The molecule has 0 saturated carbocycles. The van der Waals surface area contributed by atoms with Crippen molar-refractivity contribution in [1.29, 1.82) is 0 Å². The van der Waals surface area contributed by atoms with Crippen molar-refractivity contribution >= 4 is 22.6 Å². The van der Waals surface area contributed by atoms with E-state index in [1.807, 2.05) is 44.4 Å². The first-order valence-corrected chi connectivity index (χ1v) is 5.55. The number of pyridine rings is 1. The van der Waals surface area contributed by atoms with Crippen molar-refractivity contribution in [2.45, 2.75) is 29.9 Å². The molecule has 1 rings (SSSR count). The Hall–Kier alpha value is -0.160. The minimum absolute atomic E-state index is 0.220. The van der Waals surface area contributed by atoms with Crippen molar-refractivity contribution in [3.8, 4) is 0 Å². The maximum atomic E-state index is 9.73. The molecule has 0 radical (unpaired) electrons. The van der Waals surface area contributed by atoms with E-state index < -0.39 is 5.60 Å². The smallest absolute Gasteiger partial charge is 0.168 e. The fraction of sp³-hybridized carbons (Fsp3) is 0.500. The summed E-state index contributed by atoms with van der Waals surface area (Å²) in [6, 6.07) is 5.98. The maximum Gasteiger partial charge on any atom is 0.168 e. The molecule has 0 bridgehead atoms. The minimum Gasteiger partial charge on any atom is -0.389 e. The monoisotopic (exact) mass is 292 g/mol. The van der Waals surface area contributed by atoms with Crippen molar-refractivity contribution in [1.82, 2.24) is 0 Å². The molecule has 1 heterocycles. The summed E-state index contributed by atoms with van der Waals surface area (Å²) in [6.45, 7) is 4.52. The molecule has 0 fully saturated rings. The molecule has 72 valence electrons. The van der Waals surface area contributed by atoms with Crippen molar-refractivity contribution in [3.05, 3.63) is 30.6 Å². The Morgan fingerprint density at radius 1 is 1.31 bits per heavy atom. The van der Waals surface area contributed by atoms with Gasteiger partial charge in [0.15, 0.2) is 18.9 Å². The van der Waals surface area contributed by atoms with Crippen molar-refractivity contribution in [2.24, 2.45) is 0 Å². The highest BCUT2D eigenvalue weighted by Crippen LogP contribution is 2.17. The topological polar surface area (TPSA) is 24.1 Å². The van der Waals surface area contributed by atoms with Gasteiger partial charge in [0.1, 0.15) is 0 Å². The lowest BCUT2D eigenvalue weighted by Crippen LogP contribution is -2.45. The summed E-state index contributed by atoms with van der Waals surface area (Å²) in [5.41, 5.74) is -0.622. The second kappa shape index (κ2) is 4.37. The zero-order chi connectivity index (χ0) is 9.90. The van der Waals surface area contributed by atoms with Crippen LogP contribution in [0.3, 0.4) is 0 Å². The molecule has 1 aromatic rings. The van der Waals surface area contributed by atoms with Crippen LogP contribution >= 0.6 is 22.6 Å². The summed E-state index contributed by atoms with van der Waals surface area (Å²) >= 11 is 2.28. The summed E-state index contributed by atoms with van der Waals surface area (Å²) in [7, 11) is 0. The summed E-state index contributed by atoms with van der Waals surface area (Å²) in [4.78, 5) is 0. The molecule has 0 spiro atoms. The largest absolute Gasteiger partial charge is 0.389 e. The lowest BCUT2D eigenvalue weighted by Gasteiger charge is -2.21. The highest BCUT2D eigenvalue weighted by molar-refractivity contribution is 14.1. The number of aliphatic hydroxyl groups is 1. The first-order valence-electron chi connectivity index (χ1n) is 4.30. The number of hydrogen-bond acceptors (Lipinski definition) is 1. The predicted octanol–water partition coefficient (Wildman–Crippen LogP) is 1.55. The van der Waals surface area contributed by atoms with E-state index >= 15 is 0 Å². The van der Waals surface area contributed by atoms with Gasteiger partial charge in [0, 0.05) is 12.1 Å². The van der Waals surface area contributed by atoms with Crippen LogP contribution in [0.4, 0.5) is 0 Å². The third-order valence-corrected chi connectivity index (χ3v) is 3.83. The van der Waals surface area contributed by atoms with Crippen LogP contribution in [0.5, 0.6) is 0 Å². The van der Waals surface area contributed by atoms with E-state index in [1.54, 1.807) is 0 Å². The number of hydrogen-bond donors (Lipinski definition) is 1. The Kier molecular flexibility index (Phi) is 3.67. The molecular weight excluding hydrogens is 277 g/mol. The van der Waals surface area contributed by atoms with Crippen LogP contribution in [0.25, 0.3) is 0 Å². The molecule has 13 heavy (non-hydrogen) atoms. The van der Waals surface area contributed by atoms with Gasteiger partial charge < -0.3 is 5.11 Å². The van der Waals surface area contributed by atoms with E-state index in [0.29, 0.717) is 0 Å². The van der Waals surface area contributed by atoms with Gasteiger partial charge in [-0.2, -0.15) is 0 Å². The minimum atomic E-state index is -0.622. The third kappa shape index (κ3) is 3.60. The molecule has 1 N–H and O–H groups in total. The molecule has 1 atom stereocenters. The first-order chi connectivity index (χ1) is 6.00. The van der Waals surface area contributed by atoms with Crippen molar-refractivity contribution < 1.29 is 9.67 Å².